The second kappa shape index (κ2) is 9.24. The molecule has 3 aromatic rings. The highest BCUT2D eigenvalue weighted by molar-refractivity contribution is 6.36. The Kier molecular flexibility index (Phi) is 6.46. The first-order chi connectivity index (χ1) is 14.5. The molecule has 1 aliphatic heterocycles. The van der Waals surface area contributed by atoms with Crippen LogP contribution in [0.15, 0.2) is 48.5 Å². The molecular weight excluding hydrogens is 441 g/mol. The van der Waals surface area contributed by atoms with Crippen LogP contribution in [0.5, 0.6) is 5.88 Å². The fraction of sp³-hybridized carbons (Fsp3) is 0.217. The molecule has 0 atom stereocenters. The number of pyridine rings is 1. The van der Waals surface area contributed by atoms with Gasteiger partial charge >= 0.3 is 0 Å². The van der Waals surface area contributed by atoms with Gasteiger partial charge in [-0.3, -0.25) is 0 Å². The largest absolute Gasteiger partial charge is 0.384 e. The Labute approximate surface area is 190 Å². The molecule has 4 rings (SSSR count). The number of benzene rings is 2. The average molecular weight is 459 g/mol. The zero-order chi connectivity index (χ0) is 21.1. The maximum Gasteiger partial charge on any atom is 0.256 e. The summed E-state index contributed by atoms with van der Waals surface area (Å²) >= 11 is 18.7. The molecule has 0 aliphatic carbocycles. The highest BCUT2D eigenvalue weighted by Gasteiger charge is 2.21. The van der Waals surface area contributed by atoms with Gasteiger partial charge in [0.05, 0.1) is 10.7 Å². The van der Waals surface area contributed by atoms with E-state index in [1.807, 2.05) is 23.3 Å². The van der Waals surface area contributed by atoms with Crippen molar-refractivity contribution in [3.63, 3.8) is 0 Å². The van der Waals surface area contributed by atoms with Gasteiger partial charge < -0.3 is 4.84 Å². The van der Waals surface area contributed by atoms with Crippen molar-refractivity contribution in [3.8, 4) is 34.3 Å². The van der Waals surface area contributed by atoms with Crippen LogP contribution in [0.4, 0.5) is 0 Å². The SMILES string of the molecule is N#Cc1cc(-c2ccc(Cl)cc2)c(-c2ccc(Cl)cc2Cl)nc1ON1CCCCC1. The van der Waals surface area contributed by atoms with Crippen LogP contribution < -0.4 is 4.84 Å². The lowest BCUT2D eigenvalue weighted by Crippen LogP contribution is -2.33. The molecule has 1 aliphatic rings. The molecule has 1 saturated heterocycles. The Hall–Kier alpha value is -2.29. The van der Waals surface area contributed by atoms with Crippen molar-refractivity contribution >= 4 is 34.8 Å². The monoisotopic (exact) mass is 457 g/mol. The summed E-state index contributed by atoms with van der Waals surface area (Å²) in [4.78, 5) is 10.8. The average Bonchev–Trinajstić information content (AvgIpc) is 2.75. The smallest absolute Gasteiger partial charge is 0.256 e. The molecule has 0 saturated carbocycles. The number of hydrogen-bond acceptors (Lipinski definition) is 4. The van der Waals surface area contributed by atoms with Crippen LogP contribution in [0.2, 0.25) is 15.1 Å². The maximum absolute atomic E-state index is 9.76. The van der Waals surface area contributed by atoms with E-state index in [1.165, 1.54) is 6.42 Å². The first kappa shape index (κ1) is 21.0. The quantitative estimate of drug-likeness (QED) is 0.421. The van der Waals surface area contributed by atoms with Crippen LogP contribution in [0.25, 0.3) is 22.4 Å². The third kappa shape index (κ3) is 4.55. The van der Waals surface area contributed by atoms with Gasteiger partial charge in [-0.2, -0.15) is 5.26 Å². The summed E-state index contributed by atoms with van der Waals surface area (Å²) < 4.78 is 0. The van der Waals surface area contributed by atoms with Gasteiger partial charge in [0.1, 0.15) is 11.6 Å². The minimum atomic E-state index is 0.276. The van der Waals surface area contributed by atoms with Crippen molar-refractivity contribution in [2.24, 2.45) is 0 Å². The number of aromatic nitrogens is 1. The highest BCUT2D eigenvalue weighted by atomic mass is 35.5. The fourth-order valence-electron chi connectivity index (χ4n) is 3.46. The van der Waals surface area contributed by atoms with Crippen LogP contribution in [-0.2, 0) is 0 Å². The minimum absolute atomic E-state index is 0.276. The van der Waals surface area contributed by atoms with E-state index in [0.29, 0.717) is 31.9 Å². The number of piperidine rings is 1. The number of hydroxylamine groups is 2. The molecule has 2 aromatic carbocycles. The van der Waals surface area contributed by atoms with Gasteiger partial charge in [0.25, 0.3) is 5.88 Å². The molecule has 4 nitrogen and oxygen atoms in total. The van der Waals surface area contributed by atoms with E-state index in [-0.39, 0.29) is 5.88 Å². The fourth-order valence-corrected chi connectivity index (χ4v) is 4.08. The summed E-state index contributed by atoms with van der Waals surface area (Å²) in [7, 11) is 0. The number of hydrogen-bond donors (Lipinski definition) is 0. The maximum atomic E-state index is 9.76. The molecule has 0 bridgehead atoms. The van der Waals surface area contributed by atoms with Crippen LogP contribution in [0, 0.1) is 11.3 Å². The molecule has 0 unspecified atom stereocenters. The van der Waals surface area contributed by atoms with Gasteiger partial charge in [-0.1, -0.05) is 53.4 Å². The first-order valence-electron chi connectivity index (χ1n) is 9.64. The number of nitrogens with zero attached hydrogens (tertiary/aromatic N) is 3. The third-order valence-electron chi connectivity index (χ3n) is 4.98. The summed E-state index contributed by atoms with van der Waals surface area (Å²) in [6, 6.07) is 16.6. The van der Waals surface area contributed by atoms with Crippen LogP contribution in [-0.4, -0.2) is 23.1 Å². The highest BCUT2D eigenvalue weighted by Crippen LogP contribution is 2.39. The van der Waals surface area contributed by atoms with Gasteiger partial charge in [-0.25, -0.2) is 4.98 Å². The van der Waals surface area contributed by atoms with Gasteiger partial charge in [0, 0.05) is 34.3 Å². The Morgan fingerprint density at radius 3 is 2.23 bits per heavy atom. The van der Waals surface area contributed by atoms with Crippen LogP contribution in [0.1, 0.15) is 24.8 Å². The molecule has 0 spiro atoms. The summed E-state index contributed by atoms with van der Waals surface area (Å²) in [6.07, 6.45) is 3.29. The van der Waals surface area contributed by atoms with E-state index in [2.05, 4.69) is 6.07 Å². The predicted molar refractivity (Wildman–Crippen MR) is 121 cm³/mol. The number of halogens is 3. The van der Waals surface area contributed by atoms with Crippen LogP contribution >= 0.6 is 34.8 Å². The van der Waals surface area contributed by atoms with E-state index >= 15 is 0 Å². The summed E-state index contributed by atoms with van der Waals surface area (Å²) in [5.41, 5.74) is 3.32. The first-order valence-corrected chi connectivity index (χ1v) is 10.8. The zero-order valence-electron chi connectivity index (χ0n) is 16.0. The molecular formula is C23H18Cl3N3O. The van der Waals surface area contributed by atoms with Crippen molar-refractivity contribution in [3.05, 3.63) is 69.2 Å². The molecule has 152 valence electrons. The molecule has 0 amide bonds. The second-order valence-electron chi connectivity index (χ2n) is 7.06. The Morgan fingerprint density at radius 1 is 0.867 bits per heavy atom. The lowest BCUT2D eigenvalue weighted by atomic mass is 9.98. The minimum Gasteiger partial charge on any atom is -0.384 e. The second-order valence-corrected chi connectivity index (χ2v) is 8.34. The van der Waals surface area contributed by atoms with Gasteiger partial charge in [0.2, 0.25) is 0 Å². The molecule has 30 heavy (non-hydrogen) atoms. The van der Waals surface area contributed by atoms with Gasteiger partial charge in [0.15, 0.2) is 0 Å². The summed E-state index contributed by atoms with van der Waals surface area (Å²) in [6.45, 7) is 1.62. The van der Waals surface area contributed by atoms with Crippen molar-refractivity contribution < 1.29 is 4.84 Å². The van der Waals surface area contributed by atoms with E-state index in [9.17, 15) is 5.26 Å². The van der Waals surface area contributed by atoms with E-state index in [4.69, 9.17) is 44.6 Å². The lowest BCUT2D eigenvalue weighted by molar-refractivity contribution is -0.0759. The van der Waals surface area contributed by atoms with Crippen molar-refractivity contribution in [2.45, 2.75) is 19.3 Å². The van der Waals surface area contributed by atoms with Gasteiger partial charge in [-0.15, -0.1) is 5.06 Å². The van der Waals surface area contributed by atoms with E-state index < -0.39 is 0 Å². The molecule has 0 radical (unpaired) electrons. The van der Waals surface area contributed by atoms with E-state index in [0.717, 1.165) is 37.1 Å². The number of rotatable bonds is 4. The standard InChI is InChI=1S/C23H18Cl3N3O/c24-17-6-4-15(5-7-17)20-12-16(14-27)23(30-29-10-2-1-3-11-29)28-22(20)19-9-8-18(25)13-21(19)26/h4-9,12-13H,1-3,10-11H2. The lowest BCUT2D eigenvalue weighted by Gasteiger charge is -2.26. The van der Waals surface area contributed by atoms with Crippen LogP contribution in [0.3, 0.4) is 0 Å². The molecule has 2 heterocycles. The van der Waals surface area contributed by atoms with Crippen molar-refractivity contribution in [1.82, 2.24) is 10.0 Å². The van der Waals surface area contributed by atoms with Crippen molar-refractivity contribution in [2.75, 3.05) is 13.1 Å². The summed E-state index contributed by atoms with van der Waals surface area (Å²) in [5.74, 6) is 0.276. The molecule has 1 aromatic heterocycles. The Morgan fingerprint density at radius 2 is 1.57 bits per heavy atom. The Bertz CT molecular complexity index is 1100. The molecule has 7 heteroatoms. The third-order valence-corrected chi connectivity index (χ3v) is 5.78. The predicted octanol–water partition coefficient (Wildman–Crippen LogP) is 7.03. The zero-order valence-corrected chi connectivity index (χ0v) is 18.3. The van der Waals surface area contributed by atoms with E-state index in [1.54, 1.807) is 30.3 Å². The number of nitriles is 1. The molecule has 1 fully saturated rings. The Balaban J connectivity index is 1.87. The normalized spacial score (nSPS) is 14.3. The van der Waals surface area contributed by atoms with Gasteiger partial charge in [-0.05, 0) is 54.8 Å². The molecule has 0 N–H and O–H groups in total. The topological polar surface area (TPSA) is 49.1 Å². The van der Waals surface area contributed by atoms with Crippen molar-refractivity contribution in [1.29, 1.82) is 5.26 Å². The summed E-state index contributed by atoms with van der Waals surface area (Å²) in [5, 5.41) is 13.3.